The molecule has 0 aliphatic rings. The highest BCUT2D eigenvalue weighted by atomic mass is 16.5. The number of carbonyl (C=O) groups is 2. The number of nitrogens with zero attached hydrogens (tertiary/aromatic N) is 3. The van der Waals surface area contributed by atoms with E-state index >= 15 is 0 Å². The summed E-state index contributed by atoms with van der Waals surface area (Å²) in [5.74, 6) is -0.296. The van der Waals surface area contributed by atoms with Crippen LogP contribution >= 0.6 is 0 Å². The summed E-state index contributed by atoms with van der Waals surface area (Å²) in [4.78, 5) is 27.4. The summed E-state index contributed by atoms with van der Waals surface area (Å²) in [7, 11) is 1.29. The van der Waals surface area contributed by atoms with Gasteiger partial charge in [0.15, 0.2) is 5.65 Å². The fourth-order valence-corrected chi connectivity index (χ4v) is 2.23. The first-order valence-corrected chi connectivity index (χ1v) is 7.28. The molecule has 3 rings (SSSR count). The minimum Gasteiger partial charge on any atom is -0.463 e. The number of fused-ring (bicyclic) bond motifs is 1. The predicted molar refractivity (Wildman–Crippen MR) is 82.6 cm³/mol. The Morgan fingerprint density at radius 1 is 1.25 bits per heavy atom. The van der Waals surface area contributed by atoms with Crippen molar-refractivity contribution in [2.24, 2.45) is 0 Å². The van der Waals surface area contributed by atoms with E-state index in [1.54, 1.807) is 36.0 Å². The number of esters is 2. The highest BCUT2D eigenvalue weighted by Crippen LogP contribution is 2.16. The van der Waals surface area contributed by atoms with Crippen LogP contribution in [0.15, 0.2) is 35.0 Å². The van der Waals surface area contributed by atoms with Gasteiger partial charge < -0.3 is 13.9 Å². The topological polar surface area (TPSA) is 96.5 Å². The smallest absolute Gasteiger partial charge is 0.373 e. The maximum absolute atomic E-state index is 11.7. The van der Waals surface area contributed by atoms with E-state index in [0.717, 1.165) is 0 Å². The zero-order valence-corrected chi connectivity index (χ0v) is 13.2. The van der Waals surface area contributed by atoms with Crippen molar-refractivity contribution in [1.29, 1.82) is 0 Å². The molecule has 24 heavy (non-hydrogen) atoms. The Labute approximate surface area is 137 Å². The number of ether oxygens (including phenoxy) is 2. The van der Waals surface area contributed by atoms with Crippen molar-refractivity contribution in [2.75, 3.05) is 13.7 Å². The third-order valence-electron chi connectivity index (χ3n) is 3.34. The van der Waals surface area contributed by atoms with E-state index in [0.29, 0.717) is 35.5 Å². The van der Waals surface area contributed by atoms with Gasteiger partial charge in [0.2, 0.25) is 5.76 Å². The zero-order chi connectivity index (χ0) is 17.1. The van der Waals surface area contributed by atoms with E-state index in [2.05, 4.69) is 14.8 Å². The van der Waals surface area contributed by atoms with Crippen LogP contribution in [0.25, 0.3) is 11.0 Å². The number of hydrogen-bond donors (Lipinski definition) is 0. The summed E-state index contributed by atoms with van der Waals surface area (Å²) in [5, 5.41) is 4.95. The van der Waals surface area contributed by atoms with Crippen LogP contribution < -0.4 is 0 Å². The molecule has 0 radical (unpaired) electrons. The van der Waals surface area contributed by atoms with Crippen LogP contribution in [-0.2, 0) is 16.0 Å². The van der Waals surface area contributed by atoms with E-state index in [-0.39, 0.29) is 5.76 Å². The summed E-state index contributed by atoms with van der Waals surface area (Å²) in [6.07, 6.45) is 3.05. The monoisotopic (exact) mass is 329 g/mol. The molecule has 0 saturated carbocycles. The molecule has 0 aromatic carbocycles. The molecule has 0 amide bonds. The number of aromatic nitrogens is 3. The number of hydrogen-bond acceptors (Lipinski definition) is 7. The van der Waals surface area contributed by atoms with Gasteiger partial charge >= 0.3 is 11.9 Å². The number of pyridine rings is 1. The standard InChI is InChI=1S/C16H15N3O5/c1-3-23-15(20)11-6-10-8-18-19(14(10)17-7-11)9-12-4-5-13(24-12)16(21)22-2/h4-8H,3,9H2,1-2H3. The molecular weight excluding hydrogens is 314 g/mol. The highest BCUT2D eigenvalue weighted by Gasteiger charge is 2.14. The van der Waals surface area contributed by atoms with Gasteiger partial charge in [-0.15, -0.1) is 0 Å². The second-order valence-electron chi connectivity index (χ2n) is 4.92. The van der Waals surface area contributed by atoms with Crippen LogP contribution in [0.3, 0.4) is 0 Å². The molecule has 8 heteroatoms. The summed E-state index contributed by atoms with van der Waals surface area (Å²) in [6.45, 7) is 2.34. The Hall–Kier alpha value is -3.16. The predicted octanol–water partition coefficient (Wildman–Crippen LogP) is 2.04. The maximum Gasteiger partial charge on any atom is 0.373 e. The molecule has 3 heterocycles. The van der Waals surface area contributed by atoms with Crippen LogP contribution in [0.1, 0.15) is 33.6 Å². The van der Waals surface area contributed by atoms with E-state index in [9.17, 15) is 9.59 Å². The van der Waals surface area contributed by atoms with Crippen molar-refractivity contribution in [1.82, 2.24) is 14.8 Å². The fraction of sp³-hybridized carbons (Fsp3) is 0.250. The lowest BCUT2D eigenvalue weighted by Crippen LogP contribution is -2.06. The van der Waals surface area contributed by atoms with E-state index in [1.165, 1.54) is 13.3 Å². The lowest BCUT2D eigenvalue weighted by molar-refractivity contribution is 0.0524. The van der Waals surface area contributed by atoms with Gasteiger partial charge in [0.1, 0.15) is 12.3 Å². The number of furan rings is 1. The molecular formula is C16H15N3O5. The first-order chi connectivity index (χ1) is 11.6. The van der Waals surface area contributed by atoms with Gasteiger partial charge in [-0.25, -0.2) is 19.3 Å². The highest BCUT2D eigenvalue weighted by molar-refractivity contribution is 5.93. The molecule has 0 unspecified atom stereocenters. The van der Waals surface area contributed by atoms with Crippen molar-refractivity contribution in [3.63, 3.8) is 0 Å². The molecule has 3 aromatic heterocycles. The van der Waals surface area contributed by atoms with Gasteiger partial charge in [-0.05, 0) is 25.1 Å². The molecule has 3 aromatic rings. The fourth-order valence-electron chi connectivity index (χ4n) is 2.23. The molecule has 0 saturated heterocycles. The molecule has 8 nitrogen and oxygen atoms in total. The summed E-state index contributed by atoms with van der Waals surface area (Å²) in [5.41, 5.74) is 0.967. The van der Waals surface area contributed by atoms with E-state index in [4.69, 9.17) is 9.15 Å². The van der Waals surface area contributed by atoms with Crippen molar-refractivity contribution in [3.8, 4) is 0 Å². The lowest BCUT2D eigenvalue weighted by Gasteiger charge is -2.03. The first kappa shape index (κ1) is 15.7. The van der Waals surface area contributed by atoms with Crippen molar-refractivity contribution >= 4 is 23.0 Å². The minimum absolute atomic E-state index is 0.126. The van der Waals surface area contributed by atoms with Gasteiger partial charge in [-0.1, -0.05) is 0 Å². The zero-order valence-electron chi connectivity index (χ0n) is 13.2. The van der Waals surface area contributed by atoms with Crippen molar-refractivity contribution in [2.45, 2.75) is 13.5 Å². The minimum atomic E-state index is -0.538. The quantitative estimate of drug-likeness (QED) is 0.661. The Morgan fingerprint density at radius 2 is 2.08 bits per heavy atom. The SMILES string of the molecule is CCOC(=O)c1cnc2c(cnn2Cc2ccc(C(=O)OC)o2)c1. The maximum atomic E-state index is 11.7. The Morgan fingerprint density at radius 3 is 2.83 bits per heavy atom. The molecule has 124 valence electrons. The number of carbonyl (C=O) groups excluding carboxylic acids is 2. The Kier molecular flexibility index (Phi) is 4.28. The van der Waals surface area contributed by atoms with Crippen LogP contribution in [0.4, 0.5) is 0 Å². The first-order valence-electron chi connectivity index (χ1n) is 7.28. The van der Waals surface area contributed by atoms with E-state index < -0.39 is 11.9 Å². The average molecular weight is 329 g/mol. The second-order valence-corrected chi connectivity index (χ2v) is 4.92. The van der Waals surface area contributed by atoms with E-state index in [1.807, 2.05) is 0 Å². The third-order valence-corrected chi connectivity index (χ3v) is 3.34. The molecule has 0 aliphatic heterocycles. The molecule has 0 spiro atoms. The van der Waals surface area contributed by atoms with Crippen LogP contribution in [0.5, 0.6) is 0 Å². The summed E-state index contributed by atoms with van der Waals surface area (Å²) < 4.78 is 16.6. The van der Waals surface area contributed by atoms with Gasteiger partial charge in [0.05, 0.1) is 25.5 Å². The Bertz CT molecular complexity index is 896. The second kappa shape index (κ2) is 6.53. The molecule has 0 N–H and O–H groups in total. The van der Waals surface area contributed by atoms with Crippen LogP contribution in [0, 0.1) is 0 Å². The number of methoxy groups -OCH3 is 1. The van der Waals surface area contributed by atoms with Crippen LogP contribution in [0.2, 0.25) is 0 Å². The average Bonchev–Trinajstić information content (AvgIpc) is 3.22. The van der Waals surface area contributed by atoms with Gasteiger partial charge in [0, 0.05) is 11.6 Å². The Balaban J connectivity index is 1.84. The molecule has 0 fully saturated rings. The van der Waals surface area contributed by atoms with Crippen molar-refractivity contribution < 1.29 is 23.5 Å². The van der Waals surface area contributed by atoms with Gasteiger partial charge in [-0.2, -0.15) is 5.10 Å². The summed E-state index contributed by atoms with van der Waals surface area (Å²) >= 11 is 0. The van der Waals surface area contributed by atoms with Crippen molar-refractivity contribution in [3.05, 3.63) is 47.7 Å². The molecule has 0 aliphatic carbocycles. The third kappa shape index (κ3) is 2.98. The summed E-state index contributed by atoms with van der Waals surface area (Å²) in [6, 6.07) is 4.89. The largest absolute Gasteiger partial charge is 0.463 e. The van der Waals surface area contributed by atoms with Gasteiger partial charge in [-0.3, -0.25) is 0 Å². The van der Waals surface area contributed by atoms with Crippen LogP contribution in [-0.4, -0.2) is 40.4 Å². The molecule has 0 atom stereocenters. The normalized spacial score (nSPS) is 10.8. The number of rotatable bonds is 5. The van der Waals surface area contributed by atoms with Gasteiger partial charge in [0.25, 0.3) is 0 Å². The lowest BCUT2D eigenvalue weighted by atomic mass is 10.2. The molecule has 0 bridgehead atoms.